The molecule has 1 atom stereocenters. The van der Waals surface area contributed by atoms with Crippen LogP contribution in [0.5, 0.6) is 5.75 Å². The maximum Gasteiger partial charge on any atom is 0.360 e. The summed E-state index contributed by atoms with van der Waals surface area (Å²) in [5.41, 5.74) is 1.50. The van der Waals surface area contributed by atoms with Crippen LogP contribution in [0.2, 0.25) is 5.02 Å². The molecule has 0 aliphatic rings. The lowest BCUT2D eigenvalue weighted by Gasteiger charge is -2.17. The van der Waals surface area contributed by atoms with E-state index in [-0.39, 0.29) is 11.6 Å². The summed E-state index contributed by atoms with van der Waals surface area (Å²) in [4.78, 5) is 28.4. The molecular weight excluding hydrogens is 410 g/mol. The van der Waals surface area contributed by atoms with E-state index in [1.165, 1.54) is 13.4 Å². The van der Waals surface area contributed by atoms with Gasteiger partial charge in [0.15, 0.2) is 5.69 Å². The predicted octanol–water partition coefficient (Wildman–Crippen LogP) is 4.23. The number of nitrogens with zero attached hydrogens (tertiary/aromatic N) is 1. The topological polar surface area (TPSA) is 103 Å². The molecule has 0 saturated heterocycles. The zero-order valence-corrected chi connectivity index (χ0v) is 17.1. The molecule has 0 aliphatic carbocycles. The molecule has 1 aromatic heterocycles. The van der Waals surface area contributed by atoms with Crippen molar-refractivity contribution in [2.45, 2.75) is 12.5 Å². The van der Waals surface area contributed by atoms with Crippen molar-refractivity contribution in [2.24, 2.45) is 0 Å². The number of nitrogens with one attached hydrogen (secondary N) is 2. The number of oxazole rings is 1. The zero-order chi connectivity index (χ0) is 21.5. The summed E-state index contributed by atoms with van der Waals surface area (Å²) in [6.45, 7) is 0. The van der Waals surface area contributed by atoms with E-state index in [0.717, 1.165) is 5.56 Å². The second kappa shape index (κ2) is 9.80. The van der Waals surface area contributed by atoms with Crippen molar-refractivity contribution < 1.29 is 23.5 Å². The second-order valence-electron chi connectivity index (χ2n) is 6.27. The van der Waals surface area contributed by atoms with Gasteiger partial charge in [-0.1, -0.05) is 23.7 Å². The standard InChI is InChI=1S/C21H20ClN3O5/c1-28-16-9-3-13(4-10-16)11-17(19-24-18(12-30-19)20(26)29-2)25-21(27)23-15-7-5-14(22)6-8-15/h3-10,12,17H,11H2,1-2H3,(H2,23,25,27). The highest BCUT2D eigenvalue weighted by Crippen LogP contribution is 2.21. The summed E-state index contributed by atoms with van der Waals surface area (Å²) in [6.07, 6.45) is 1.57. The maximum absolute atomic E-state index is 12.5. The summed E-state index contributed by atoms with van der Waals surface area (Å²) >= 11 is 5.87. The van der Waals surface area contributed by atoms with E-state index < -0.39 is 18.0 Å². The van der Waals surface area contributed by atoms with Crippen LogP contribution in [-0.4, -0.2) is 31.2 Å². The third kappa shape index (κ3) is 5.51. The number of hydrogen-bond acceptors (Lipinski definition) is 6. The van der Waals surface area contributed by atoms with Crippen LogP contribution in [0.4, 0.5) is 10.5 Å². The van der Waals surface area contributed by atoms with Crippen molar-refractivity contribution in [1.29, 1.82) is 0 Å². The molecule has 1 unspecified atom stereocenters. The molecule has 3 aromatic rings. The molecule has 0 saturated carbocycles. The van der Waals surface area contributed by atoms with Crippen LogP contribution in [0.15, 0.2) is 59.2 Å². The second-order valence-corrected chi connectivity index (χ2v) is 6.71. The molecule has 9 heteroatoms. The number of aromatic nitrogens is 1. The Hall–Kier alpha value is -3.52. The molecule has 0 fully saturated rings. The van der Waals surface area contributed by atoms with Crippen molar-refractivity contribution in [2.75, 3.05) is 19.5 Å². The predicted molar refractivity (Wildman–Crippen MR) is 111 cm³/mol. The van der Waals surface area contributed by atoms with Crippen molar-refractivity contribution >= 4 is 29.3 Å². The Bertz CT molecular complexity index is 1000. The number of esters is 1. The summed E-state index contributed by atoms with van der Waals surface area (Å²) in [6, 6.07) is 13.0. The molecule has 1 heterocycles. The van der Waals surface area contributed by atoms with Gasteiger partial charge in [0.2, 0.25) is 5.89 Å². The van der Waals surface area contributed by atoms with Gasteiger partial charge in [-0.25, -0.2) is 14.6 Å². The Balaban J connectivity index is 1.78. The van der Waals surface area contributed by atoms with Crippen LogP contribution in [0, 0.1) is 0 Å². The molecule has 2 amide bonds. The fourth-order valence-corrected chi connectivity index (χ4v) is 2.83. The van der Waals surface area contributed by atoms with Crippen LogP contribution in [-0.2, 0) is 11.2 Å². The van der Waals surface area contributed by atoms with Gasteiger partial charge in [-0.15, -0.1) is 0 Å². The van der Waals surface area contributed by atoms with Gasteiger partial charge in [-0.3, -0.25) is 0 Å². The number of amides is 2. The van der Waals surface area contributed by atoms with Crippen LogP contribution in [0.25, 0.3) is 0 Å². The lowest BCUT2D eigenvalue weighted by molar-refractivity contribution is 0.0594. The smallest absolute Gasteiger partial charge is 0.360 e. The SMILES string of the molecule is COC(=O)c1coc(C(Cc2ccc(OC)cc2)NC(=O)Nc2ccc(Cl)cc2)n1. The fraction of sp³-hybridized carbons (Fsp3) is 0.190. The lowest BCUT2D eigenvalue weighted by Crippen LogP contribution is -2.34. The minimum absolute atomic E-state index is 0.0205. The number of rotatable bonds is 7. The number of hydrogen-bond donors (Lipinski definition) is 2. The third-order valence-electron chi connectivity index (χ3n) is 4.22. The Labute approximate surface area is 178 Å². The van der Waals surface area contributed by atoms with E-state index >= 15 is 0 Å². The maximum atomic E-state index is 12.5. The molecule has 0 spiro atoms. The molecule has 3 rings (SSSR count). The lowest BCUT2D eigenvalue weighted by atomic mass is 10.1. The number of ether oxygens (including phenoxy) is 2. The van der Waals surface area contributed by atoms with E-state index in [2.05, 4.69) is 20.4 Å². The number of carbonyl (C=O) groups is 2. The first-order chi connectivity index (χ1) is 14.5. The Morgan fingerprint density at radius 3 is 2.43 bits per heavy atom. The van der Waals surface area contributed by atoms with E-state index in [1.807, 2.05) is 24.3 Å². The number of benzene rings is 2. The van der Waals surface area contributed by atoms with Crippen molar-refractivity contribution in [3.05, 3.63) is 77.0 Å². The van der Waals surface area contributed by atoms with E-state index in [4.69, 9.17) is 20.8 Å². The molecule has 156 valence electrons. The van der Waals surface area contributed by atoms with Gasteiger partial charge >= 0.3 is 12.0 Å². The van der Waals surface area contributed by atoms with Gasteiger partial charge in [0.1, 0.15) is 18.1 Å². The molecule has 8 nitrogen and oxygen atoms in total. The van der Waals surface area contributed by atoms with Crippen LogP contribution >= 0.6 is 11.6 Å². The Morgan fingerprint density at radius 2 is 1.80 bits per heavy atom. The molecule has 0 bridgehead atoms. The molecule has 0 radical (unpaired) electrons. The molecule has 30 heavy (non-hydrogen) atoms. The first-order valence-corrected chi connectivity index (χ1v) is 9.36. The number of anilines is 1. The molecular formula is C21H20ClN3O5. The number of urea groups is 1. The summed E-state index contributed by atoms with van der Waals surface area (Å²) in [5.74, 6) is 0.268. The van der Waals surface area contributed by atoms with Gasteiger partial charge in [0, 0.05) is 17.1 Å². The molecule has 2 aromatic carbocycles. The highest BCUT2D eigenvalue weighted by atomic mass is 35.5. The summed E-state index contributed by atoms with van der Waals surface area (Å²) in [7, 11) is 2.84. The highest BCUT2D eigenvalue weighted by Gasteiger charge is 2.23. The van der Waals surface area contributed by atoms with Gasteiger partial charge in [0.25, 0.3) is 0 Å². The average Bonchev–Trinajstić information content (AvgIpc) is 3.25. The summed E-state index contributed by atoms with van der Waals surface area (Å²) in [5, 5.41) is 6.11. The number of halogens is 1. The largest absolute Gasteiger partial charge is 0.497 e. The van der Waals surface area contributed by atoms with Gasteiger partial charge in [-0.05, 0) is 42.0 Å². The van der Waals surface area contributed by atoms with Crippen LogP contribution in [0.1, 0.15) is 28.0 Å². The normalized spacial score (nSPS) is 11.4. The average molecular weight is 430 g/mol. The van der Waals surface area contributed by atoms with E-state index in [0.29, 0.717) is 22.9 Å². The van der Waals surface area contributed by atoms with Crippen LogP contribution in [0.3, 0.4) is 0 Å². The Kier molecular flexibility index (Phi) is 6.92. The van der Waals surface area contributed by atoms with E-state index in [9.17, 15) is 9.59 Å². The monoisotopic (exact) mass is 429 g/mol. The summed E-state index contributed by atoms with van der Waals surface area (Å²) < 4.78 is 15.3. The van der Waals surface area contributed by atoms with Crippen molar-refractivity contribution in [3.8, 4) is 5.75 Å². The first-order valence-electron chi connectivity index (χ1n) is 8.98. The van der Waals surface area contributed by atoms with Gasteiger partial charge in [0.05, 0.1) is 14.2 Å². The molecule has 0 aliphatic heterocycles. The van der Waals surface area contributed by atoms with Crippen molar-refractivity contribution in [1.82, 2.24) is 10.3 Å². The van der Waals surface area contributed by atoms with E-state index in [1.54, 1.807) is 31.4 Å². The first kappa shape index (κ1) is 21.2. The minimum atomic E-state index is -0.635. The van der Waals surface area contributed by atoms with Gasteiger partial charge in [-0.2, -0.15) is 0 Å². The van der Waals surface area contributed by atoms with Crippen molar-refractivity contribution in [3.63, 3.8) is 0 Å². The van der Waals surface area contributed by atoms with Gasteiger partial charge < -0.3 is 24.5 Å². The zero-order valence-electron chi connectivity index (χ0n) is 16.3. The number of carbonyl (C=O) groups excluding carboxylic acids is 2. The fourth-order valence-electron chi connectivity index (χ4n) is 2.70. The molecule has 2 N–H and O–H groups in total. The number of methoxy groups -OCH3 is 2. The minimum Gasteiger partial charge on any atom is -0.497 e. The third-order valence-corrected chi connectivity index (χ3v) is 4.47. The Morgan fingerprint density at radius 1 is 1.10 bits per heavy atom. The highest BCUT2D eigenvalue weighted by molar-refractivity contribution is 6.30. The van der Waals surface area contributed by atoms with Crippen LogP contribution < -0.4 is 15.4 Å². The quantitative estimate of drug-likeness (QED) is 0.545.